The highest BCUT2D eigenvalue weighted by Crippen LogP contribution is 2.22. The average Bonchev–Trinajstić information content (AvgIpc) is 3.08. The van der Waals surface area contributed by atoms with Crippen LogP contribution in [-0.2, 0) is 17.8 Å². The zero-order valence-electron chi connectivity index (χ0n) is 12.8. The predicted molar refractivity (Wildman–Crippen MR) is 98.3 cm³/mol. The number of nitrogens with one attached hydrogen (secondary N) is 1. The van der Waals surface area contributed by atoms with Crippen molar-refractivity contribution in [2.75, 3.05) is 5.32 Å². The maximum absolute atomic E-state index is 12.1. The summed E-state index contributed by atoms with van der Waals surface area (Å²) < 4.78 is 1.44. The summed E-state index contributed by atoms with van der Waals surface area (Å²) in [5.74, 6) is -0.262. The minimum atomic E-state index is -0.262. The fraction of sp³-hybridized carbons (Fsp3) is 0.188. The second-order valence-corrected chi connectivity index (χ2v) is 7.59. The Labute approximate surface area is 151 Å². The summed E-state index contributed by atoms with van der Waals surface area (Å²) in [7, 11) is 0. The predicted octanol–water partition coefficient (Wildman–Crippen LogP) is 3.56. The number of aromatic nitrogens is 2. The second-order valence-electron chi connectivity index (χ2n) is 5.22. The molecule has 0 spiro atoms. The van der Waals surface area contributed by atoms with Crippen LogP contribution in [0.25, 0.3) is 0 Å². The summed E-state index contributed by atoms with van der Waals surface area (Å²) in [5, 5.41) is 5.70. The smallest absolute Gasteiger partial charge is 0.300 e. The fourth-order valence-corrected chi connectivity index (χ4v) is 4.00. The molecule has 0 saturated carbocycles. The van der Waals surface area contributed by atoms with Crippen molar-refractivity contribution in [2.24, 2.45) is 0 Å². The van der Waals surface area contributed by atoms with Crippen molar-refractivity contribution in [3.63, 3.8) is 0 Å². The van der Waals surface area contributed by atoms with Gasteiger partial charge < -0.3 is 5.32 Å². The Hall–Kier alpha value is -1.96. The molecule has 0 aliphatic rings. The van der Waals surface area contributed by atoms with Crippen molar-refractivity contribution in [3.05, 3.63) is 66.7 Å². The van der Waals surface area contributed by atoms with Gasteiger partial charge in [0.1, 0.15) is 6.54 Å². The molecule has 0 radical (unpaired) electrons. The lowest BCUT2D eigenvalue weighted by Crippen LogP contribution is -2.25. The zero-order valence-corrected chi connectivity index (χ0v) is 15.2. The molecule has 1 N–H and O–H groups in total. The molecule has 0 bridgehead atoms. The van der Waals surface area contributed by atoms with Gasteiger partial charge in [0.2, 0.25) is 5.91 Å². The van der Waals surface area contributed by atoms with Crippen LogP contribution < -0.4 is 10.2 Å². The maximum atomic E-state index is 12.1. The van der Waals surface area contributed by atoms with Gasteiger partial charge in [-0.05, 0) is 24.6 Å². The normalized spacial score (nSPS) is 10.8. The summed E-state index contributed by atoms with van der Waals surface area (Å²) in [6.07, 6.45) is 2.44. The Morgan fingerprint density at radius 3 is 2.96 bits per heavy atom. The van der Waals surface area contributed by atoms with Crippen LogP contribution in [0.4, 0.5) is 5.13 Å². The maximum Gasteiger partial charge on any atom is 0.307 e. The average molecular weight is 380 g/mol. The number of hydrogen-bond acceptors (Lipinski definition) is 5. The van der Waals surface area contributed by atoms with Gasteiger partial charge in [0, 0.05) is 33.6 Å². The van der Waals surface area contributed by atoms with Crippen LogP contribution in [-0.4, -0.2) is 15.5 Å². The van der Waals surface area contributed by atoms with E-state index < -0.39 is 0 Å². The van der Waals surface area contributed by atoms with Crippen LogP contribution in [0.1, 0.15) is 16.1 Å². The lowest BCUT2D eigenvalue weighted by atomic mass is 10.1. The van der Waals surface area contributed by atoms with Crippen molar-refractivity contribution in [1.82, 2.24) is 9.55 Å². The van der Waals surface area contributed by atoms with Crippen molar-refractivity contribution < 1.29 is 4.79 Å². The van der Waals surface area contributed by atoms with Gasteiger partial charge in [0.15, 0.2) is 5.13 Å². The molecule has 5 nitrogen and oxygen atoms in total. The molecule has 3 rings (SSSR count). The Balaban J connectivity index is 1.63. The third kappa shape index (κ3) is 4.11. The third-order valence-corrected chi connectivity index (χ3v) is 5.37. The number of aryl methyl sites for hydroxylation is 1. The van der Waals surface area contributed by atoms with Crippen LogP contribution in [0.3, 0.4) is 0 Å². The van der Waals surface area contributed by atoms with Crippen molar-refractivity contribution in [3.8, 4) is 0 Å². The highest BCUT2D eigenvalue weighted by molar-refractivity contribution is 7.15. The van der Waals surface area contributed by atoms with Gasteiger partial charge in [0.05, 0.1) is 0 Å². The number of carbonyl (C=O) groups is 1. The molecule has 3 aromatic rings. The first-order chi connectivity index (χ1) is 11.5. The monoisotopic (exact) mass is 379 g/mol. The van der Waals surface area contributed by atoms with Crippen LogP contribution >= 0.6 is 34.3 Å². The molecule has 24 heavy (non-hydrogen) atoms. The lowest BCUT2D eigenvalue weighted by Gasteiger charge is -2.04. The van der Waals surface area contributed by atoms with E-state index in [4.69, 9.17) is 11.6 Å². The third-order valence-electron chi connectivity index (χ3n) is 3.35. The van der Waals surface area contributed by atoms with Crippen LogP contribution in [0, 0.1) is 6.92 Å². The zero-order chi connectivity index (χ0) is 17.1. The van der Waals surface area contributed by atoms with Gasteiger partial charge in [-0.25, -0.2) is 4.98 Å². The van der Waals surface area contributed by atoms with E-state index in [1.54, 1.807) is 18.5 Å². The number of nitrogens with zero attached hydrogens (tertiary/aromatic N) is 2. The van der Waals surface area contributed by atoms with Gasteiger partial charge in [-0.1, -0.05) is 35.1 Å². The van der Waals surface area contributed by atoms with E-state index in [9.17, 15) is 9.59 Å². The molecule has 0 atom stereocenters. The van der Waals surface area contributed by atoms with E-state index in [-0.39, 0.29) is 17.3 Å². The number of rotatable bonds is 5. The summed E-state index contributed by atoms with van der Waals surface area (Å²) >= 11 is 8.48. The molecule has 2 heterocycles. The van der Waals surface area contributed by atoms with Gasteiger partial charge in [0.25, 0.3) is 0 Å². The molecular formula is C16H14ClN3O2S2. The van der Waals surface area contributed by atoms with Crippen LogP contribution in [0.2, 0.25) is 5.02 Å². The SMILES string of the molecule is Cc1csc(=O)n1CC(=O)Nc1ncc(Cc2cccc(Cl)c2)s1. The molecule has 1 amide bonds. The molecule has 8 heteroatoms. The number of thiazole rings is 2. The van der Waals surface area contributed by atoms with Gasteiger partial charge in [-0.15, -0.1) is 11.3 Å². The highest BCUT2D eigenvalue weighted by atomic mass is 35.5. The second kappa shape index (κ2) is 7.29. The first-order valence-electron chi connectivity index (χ1n) is 7.15. The quantitative estimate of drug-likeness (QED) is 0.737. The van der Waals surface area contributed by atoms with Crippen molar-refractivity contribution in [1.29, 1.82) is 0 Å². The summed E-state index contributed by atoms with van der Waals surface area (Å²) in [6, 6.07) is 7.64. The van der Waals surface area contributed by atoms with Crippen LogP contribution in [0.5, 0.6) is 0 Å². The summed E-state index contributed by atoms with van der Waals surface area (Å²) in [5.41, 5.74) is 1.87. The van der Waals surface area contributed by atoms with E-state index in [1.807, 2.05) is 24.3 Å². The van der Waals surface area contributed by atoms with E-state index in [1.165, 1.54) is 15.9 Å². The standard InChI is InChI=1S/C16H14ClN3O2S2/c1-10-9-23-16(22)20(10)8-14(21)19-15-18-7-13(24-15)6-11-3-2-4-12(17)5-11/h2-5,7,9H,6,8H2,1H3,(H,18,19,21). The van der Waals surface area contributed by atoms with Crippen molar-refractivity contribution >= 4 is 45.3 Å². The van der Waals surface area contributed by atoms with Gasteiger partial charge in [-0.3, -0.25) is 14.2 Å². The molecule has 0 aliphatic heterocycles. The number of anilines is 1. The molecule has 0 saturated heterocycles. The first-order valence-corrected chi connectivity index (χ1v) is 9.22. The lowest BCUT2D eigenvalue weighted by molar-refractivity contribution is -0.116. The van der Waals surface area contributed by atoms with Gasteiger partial charge in [-0.2, -0.15) is 0 Å². The summed E-state index contributed by atoms with van der Waals surface area (Å²) in [4.78, 5) is 28.8. The molecule has 0 fully saturated rings. The number of benzene rings is 1. The number of carbonyl (C=O) groups excluding carboxylic acids is 1. The van der Waals surface area contributed by atoms with Gasteiger partial charge >= 0.3 is 4.87 Å². The van der Waals surface area contributed by atoms with Crippen LogP contribution in [0.15, 0.2) is 40.6 Å². The molecular weight excluding hydrogens is 366 g/mol. The molecule has 0 aliphatic carbocycles. The number of halogens is 1. The first kappa shape index (κ1) is 16.9. The molecule has 0 unspecified atom stereocenters. The Bertz CT molecular complexity index is 929. The molecule has 124 valence electrons. The minimum absolute atomic E-state index is 0.00261. The number of hydrogen-bond donors (Lipinski definition) is 1. The van der Waals surface area contributed by atoms with E-state index in [0.717, 1.165) is 27.5 Å². The summed E-state index contributed by atoms with van der Waals surface area (Å²) in [6.45, 7) is 1.80. The fourth-order valence-electron chi connectivity index (χ4n) is 2.19. The van der Waals surface area contributed by atoms with E-state index in [2.05, 4.69) is 10.3 Å². The number of amides is 1. The minimum Gasteiger partial charge on any atom is -0.300 e. The van der Waals surface area contributed by atoms with E-state index >= 15 is 0 Å². The Morgan fingerprint density at radius 2 is 2.25 bits per heavy atom. The molecule has 2 aromatic heterocycles. The Morgan fingerprint density at radius 1 is 1.42 bits per heavy atom. The van der Waals surface area contributed by atoms with E-state index in [0.29, 0.717) is 16.6 Å². The molecule has 1 aromatic carbocycles. The topological polar surface area (TPSA) is 64.0 Å². The largest absolute Gasteiger partial charge is 0.307 e. The Kier molecular flexibility index (Phi) is 5.13. The van der Waals surface area contributed by atoms with Crippen molar-refractivity contribution in [2.45, 2.75) is 19.9 Å². The highest BCUT2D eigenvalue weighted by Gasteiger charge is 2.11.